The Morgan fingerprint density at radius 3 is 2.39 bits per heavy atom. The zero-order valence-corrected chi connectivity index (χ0v) is 18.7. The zero-order valence-electron chi connectivity index (χ0n) is 18.7. The highest BCUT2D eigenvalue weighted by Gasteiger charge is 2.28. The van der Waals surface area contributed by atoms with Crippen LogP contribution >= 0.6 is 0 Å². The summed E-state index contributed by atoms with van der Waals surface area (Å²) in [7, 11) is 0. The number of benzene rings is 2. The number of carbonyl (C=O) groups excluding carboxylic acids is 1. The minimum absolute atomic E-state index is 0.0726. The molecule has 0 bridgehead atoms. The Bertz CT molecular complexity index is 1000. The van der Waals surface area contributed by atoms with Gasteiger partial charge in [-0.05, 0) is 39.2 Å². The summed E-state index contributed by atoms with van der Waals surface area (Å²) in [5, 5.41) is 4.46. The first-order valence-corrected chi connectivity index (χ1v) is 11.2. The van der Waals surface area contributed by atoms with E-state index in [1.165, 1.54) is 5.56 Å². The minimum atomic E-state index is 0.0726. The van der Waals surface area contributed by atoms with Crippen molar-refractivity contribution in [3.8, 4) is 11.3 Å². The summed E-state index contributed by atoms with van der Waals surface area (Å²) in [6, 6.07) is 18.3. The van der Waals surface area contributed by atoms with E-state index in [0.717, 1.165) is 54.2 Å². The predicted molar refractivity (Wildman–Crippen MR) is 124 cm³/mol. The number of aromatic nitrogens is 1. The summed E-state index contributed by atoms with van der Waals surface area (Å²) in [6.07, 6.45) is 2.70. The number of anilines is 1. The van der Waals surface area contributed by atoms with Crippen molar-refractivity contribution in [3.05, 3.63) is 71.3 Å². The van der Waals surface area contributed by atoms with Gasteiger partial charge in [0.1, 0.15) is 5.69 Å². The van der Waals surface area contributed by atoms with E-state index in [-0.39, 0.29) is 11.9 Å². The van der Waals surface area contributed by atoms with Crippen molar-refractivity contribution in [1.82, 2.24) is 10.1 Å². The molecule has 2 aromatic carbocycles. The maximum atomic E-state index is 13.3. The molecule has 1 aliphatic heterocycles. The molecule has 162 valence electrons. The van der Waals surface area contributed by atoms with Gasteiger partial charge in [-0.25, -0.2) is 0 Å². The number of aryl methyl sites for hydroxylation is 1. The number of nitrogens with zero attached hydrogens (tertiary/aromatic N) is 3. The van der Waals surface area contributed by atoms with E-state index in [1.807, 2.05) is 35.2 Å². The van der Waals surface area contributed by atoms with Crippen LogP contribution in [0.3, 0.4) is 0 Å². The van der Waals surface area contributed by atoms with Gasteiger partial charge < -0.3 is 14.3 Å². The molecule has 1 saturated heterocycles. The summed E-state index contributed by atoms with van der Waals surface area (Å²) in [6.45, 7) is 8.63. The fourth-order valence-electron chi connectivity index (χ4n) is 4.15. The smallest absolute Gasteiger partial charge is 0.232 e. The molecule has 5 heteroatoms. The topological polar surface area (TPSA) is 49.6 Å². The lowest BCUT2D eigenvalue weighted by atomic mass is 10.0. The van der Waals surface area contributed by atoms with E-state index in [2.05, 4.69) is 55.1 Å². The lowest BCUT2D eigenvalue weighted by Gasteiger charge is -2.28. The van der Waals surface area contributed by atoms with Gasteiger partial charge in [-0.3, -0.25) is 4.79 Å². The van der Waals surface area contributed by atoms with Crippen molar-refractivity contribution < 1.29 is 9.32 Å². The molecule has 0 saturated carbocycles. The molecule has 0 atom stereocenters. The average Bonchev–Trinajstić information content (AvgIpc) is 3.43. The largest absolute Gasteiger partial charge is 0.340 e. The Kier molecular flexibility index (Phi) is 6.40. The highest BCUT2D eigenvalue weighted by Crippen LogP contribution is 2.34. The number of hydrogen-bond acceptors (Lipinski definition) is 4. The molecule has 3 aromatic rings. The Balaban J connectivity index is 1.67. The molecule has 5 nitrogen and oxygen atoms in total. The molecule has 0 unspecified atom stereocenters. The second kappa shape index (κ2) is 9.38. The molecule has 0 radical (unpaired) electrons. The fraction of sp³-hybridized carbons (Fsp3) is 0.385. The Labute approximate surface area is 184 Å². The zero-order chi connectivity index (χ0) is 21.8. The van der Waals surface area contributed by atoms with Gasteiger partial charge in [-0.1, -0.05) is 65.3 Å². The quantitative estimate of drug-likeness (QED) is 0.528. The van der Waals surface area contributed by atoms with Gasteiger partial charge in [-0.2, -0.15) is 0 Å². The van der Waals surface area contributed by atoms with Gasteiger partial charge in [0.15, 0.2) is 0 Å². The van der Waals surface area contributed by atoms with E-state index in [1.54, 1.807) is 0 Å². The normalized spacial score (nSPS) is 13.7. The molecule has 0 spiro atoms. The number of carbonyl (C=O) groups is 1. The van der Waals surface area contributed by atoms with Crippen LogP contribution in [0.25, 0.3) is 11.3 Å². The minimum Gasteiger partial charge on any atom is -0.340 e. The molecule has 1 amide bonds. The highest BCUT2D eigenvalue weighted by atomic mass is 16.5. The Morgan fingerprint density at radius 1 is 1.06 bits per heavy atom. The molecule has 1 aromatic heterocycles. The first-order chi connectivity index (χ1) is 15.0. The number of rotatable bonds is 7. The van der Waals surface area contributed by atoms with E-state index in [9.17, 15) is 4.79 Å². The van der Waals surface area contributed by atoms with Crippen LogP contribution in [0.2, 0.25) is 0 Å². The van der Waals surface area contributed by atoms with E-state index >= 15 is 0 Å². The highest BCUT2D eigenvalue weighted by molar-refractivity contribution is 5.80. The predicted octanol–water partition coefficient (Wildman–Crippen LogP) is 5.23. The van der Waals surface area contributed by atoms with Gasteiger partial charge in [0.2, 0.25) is 11.8 Å². The molecular formula is C26H31N3O2. The van der Waals surface area contributed by atoms with Gasteiger partial charge in [0.25, 0.3) is 0 Å². The Hall–Kier alpha value is -3.08. The summed E-state index contributed by atoms with van der Waals surface area (Å²) < 4.78 is 5.88. The summed E-state index contributed by atoms with van der Waals surface area (Å²) in [5.41, 5.74) is 5.09. The first-order valence-electron chi connectivity index (χ1n) is 11.2. The fourth-order valence-corrected chi connectivity index (χ4v) is 4.15. The number of amides is 1. The van der Waals surface area contributed by atoms with Crippen molar-refractivity contribution in [2.75, 3.05) is 18.0 Å². The molecule has 2 heterocycles. The maximum Gasteiger partial charge on any atom is 0.232 e. The third-order valence-electron chi connectivity index (χ3n) is 5.96. The maximum absolute atomic E-state index is 13.3. The second-order valence-corrected chi connectivity index (χ2v) is 8.65. The van der Waals surface area contributed by atoms with Crippen molar-refractivity contribution >= 4 is 11.8 Å². The van der Waals surface area contributed by atoms with Crippen LogP contribution in [0.5, 0.6) is 0 Å². The molecule has 0 aliphatic carbocycles. The van der Waals surface area contributed by atoms with Crippen LogP contribution in [0.1, 0.15) is 43.4 Å². The molecule has 1 aliphatic rings. The average molecular weight is 418 g/mol. The molecule has 31 heavy (non-hydrogen) atoms. The van der Waals surface area contributed by atoms with Gasteiger partial charge >= 0.3 is 0 Å². The van der Waals surface area contributed by atoms with E-state index in [0.29, 0.717) is 13.0 Å². The van der Waals surface area contributed by atoms with Crippen molar-refractivity contribution in [1.29, 1.82) is 0 Å². The number of hydrogen-bond donors (Lipinski definition) is 0. The molecule has 0 N–H and O–H groups in total. The van der Waals surface area contributed by atoms with Crippen molar-refractivity contribution in [2.24, 2.45) is 0 Å². The molecule has 1 fully saturated rings. The lowest BCUT2D eigenvalue weighted by Crippen LogP contribution is -2.38. The third kappa shape index (κ3) is 4.82. The second-order valence-electron chi connectivity index (χ2n) is 8.65. The summed E-state index contributed by atoms with van der Waals surface area (Å²) in [5.74, 6) is 0.927. The Morgan fingerprint density at radius 2 is 1.74 bits per heavy atom. The van der Waals surface area contributed by atoms with Crippen molar-refractivity contribution in [2.45, 2.75) is 52.6 Å². The van der Waals surface area contributed by atoms with Crippen LogP contribution in [0.15, 0.2) is 59.1 Å². The van der Waals surface area contributed by atoms with Gasteiger partial charge in [0.05, 0.1) is 18.5 Å². The molecule has 4 rings (SSSR count). The van der Waals surface area contributed by atoms with Crippen LogP contribution in [-0.4, -0.2) is 35.1 Å². The third-order valence-corrected chi connectivity index (χ3v) is 5.96. The molecular weight excluding hydrogens is 386 g/mol. The summed E-state index contributed by atoms with van der Waals surface area (Å²) in [4.78, 5) is 17.5. The van der Waals surface area contributed by atoms with Crippen LogP contribution < -0.4 is 4.90 Å². The van der Waals surface area contributed by atoms with Gasteiger partial charge in [-0.15, -0.1) is 0 Å². The standard InChI is InChI=1S/C26H31N3O2/c1-19(2)29(24(30)17-21-9-5-4-6-10-21)18-23-25(22-13-11-20(3)12-14-22)27-31-26(23)28-15-7-8-16-28/h4-6,9-14,19H,7-8,15-18H2,1-3H3. The van der Waals surface area contributed by atoms with Crippen molar-refractivity contribution in [3.63, 3.8) is 0 Å². The van der Waals surface area contributed by atoms with Gasteiger partial charge in [0, 0.05) is 24.7 Å². The van der Waals surface area contributed by atoms with E-state index < -0.39 is 0 Å². The van der Waals surface area contributed by atoms with Crippen LogP contribution in [0, 0.1) is 6.92 Å². The monoisotopic (exact) mass is 417 g/mol. The lowest BCUT2D eigenvalue weighted by molar-refractivity contribution is -0.132. The SMILES string of the molecule is Cc1ccc(-c2noc(N3CCCC3)c2CN(C(=O)Cc2ccccc2)C(C)C)cc1. The van der Waals surface area contributed by atoms with Crippen LogP contribution in [-0.2, 0) is 17.8 Å². The van der Waals surface area contributed by atoms with Crippen LogP contribution in [0.4, 0.5) is 5.88 Å². The van der Waals surface area contributed by atoms with E-state index in [4.69, 9.17) is 4.52 Å². The first kappa shape index (κ1) is 21.2. The summed E-state index contributed by atoms with van der Waals surface area (Å²) >= 11 is 0.